The summed E-state index contributed by atoms with van der Waals surface area (Å²) >= 11 is 0. The largest absolute Gasteiger partial charge is 0.489 e. The molecule has 2 fully saturated rings. The van der Waals surface area contributed by atoms with Crippen LogP contribution in [0.2, 0.25) is 0 Å². The number of rotatable bonds is 6. The van der Waals surface area contributed by atoms with Crippen molar-refractivity contribution in [2.75, 3.05) is 0 Å². The van der Waals surface area contributed by atoms with Gasteiger partial charge in [0.15, 0.2) is 0 Å². The van der Waals surface area contributed by atoms with Gasteiger partial charge in [-0.1, -0.05) is 43.0 Å². The zero-order chi connectivity index (χ0) is 20.2. The van der Waals surface area contributed by atoms with Crippen LogP contribution in [0.4, 0.5) is 0 Å². The molecule has 2 aromatic rings. The SMILES string of the molecule is Cc1noc(C)c1COc1ccc(CC(=O)N[C@@H]2CC[C@H]3CCCC[C@@H]3C2)cc1. The fraction of sp³-hybridized carbons (Fsp3) is 0.583. The number of amides is 1. The molecule has 4 rings (SSSR count). The molecule has 156 valence electrons. The van der Waals surface area contributed by atoms with Gasteiger partial charge in [0, 0.05) is 6.04 Å². The number of hydrogen-bond donors (Lipinski definition) is 1. The summed E-state index contributed by atoms with van der Waals surface area (Å²) in [5.41, 5.74) is 2.86. The minimum Gasteiger partial charge on any atom is -0.489 e. The lowest BCUT2D eigenvalue weighted by Crippen LogP contribution is -2.42. The van der Waals surface area contributed by atoms with E-state index in [0.717, 1.165) is 46.6 Å². The molecule has 1 heterocycles. The highest BCUT2D eigenvalue weighted by atomic mass is 16.5. The lowest BCUT2D eigenvalue weighted by molar-refractivity contribution is -0.121. The van der Waals surface area contributed by atoms with Gasteiger partial charge in [-0.3, -0.25) is 4.79 Å². The summed E-state index contributed by atoms with van der Waals surface area (Å²) in [6.45, 7) is 4.24. The van der Waals surface area contributed by atoms with Gasteiger partial charge in [-0.15, -0.1) is 0 Å². The molecule has 2 saturated carbocycles. The van der Waals surface area contributed by atoms with E-state index in [-0.39, 0.29) is 5.91 Å². The minimum atomic E-state index is 0.133. The molecular weight excluding hydrogens is 364 g/mol. The van der Waals surface area contributed by atoms with Crippen molar-refractivity contribution >= 4 is 5.91 Å². The van der Waals surface area contributed by atoms with E-state index in [9.17, 15) is 4.79 Å². The molecule has 0 saturated heterocycles. The third-order valence-electron chi connectivity index (χ3n) is 6.76. The van der Waals surface area contributed by atoms with E-state index in [1.54, 1.807) is 0 Å². The van der Waals surface area contributed by atoms with Gasteiger partial charge in [0.2, 0.25) is 5.91 Å². The molecule has 0 radical (unpaired) electrons. The second-order valence-corrected chi connectivity index (χ2v) is 8.79. The molecule has 2 aliphatic carbocycles. The van der Waals surface area contributed by atoms with Crippen LogP contribution < -0.4 is 10.1 Å². The Labute approximate surface area is 173 Å². The topological polar surface area (TPSA) is 64.4 Å². The Kier molecular flexibility index (Phi) is 6.22. The van der Waals surface area contributed by atoms with Crippen LogP contribution in [-0.2, 0) is 17.8 Å². The molecule has 5 nitrogen and oxygen atoms in total. The van der Waals surface area contributed by atoms with Gasteiger partial charge in [-0.2, -0.15) is 0 Å². The maximum absolute atomic E-state index is 12.5. The Morgan fingerprint density at radius 3 is 2.59 bits per heavy atom. The van der Waals surface area contributed by atoms with Crippen LogP contribution in [0, 0.1) is 25.7 Å². The first-order chi connectivity index (χ1) is 14.1. The number of carbonyl (C=O) groups excluding carboxylic acids is 1. The lowest BCUT2D eigenvalue weighted by atomic mass is 9.69. The summed E-state index contributed by atoms with van der Waals surface area (Å²) in [5, 5.41) is 7.23. The Morgan fingerprint density at radius 2 is 1.86 bits per heavy atom. The van der Waals surface area contributed by atoms with Gasteiger partial charge < -0.3 is 14.6 Å². The number of hydrogen-bond acceptors (Lipinski definition) is 4. The Morgan fingerprint density at radius 1 is 1.10 bits per heavy atom. The predicted octanol–water partition coefficient (Wildman–Crippen LogP) is 4.89. The van der Waals surface area contributed by atoms with Gasteiger partial charge in [-0.25, -0.2) is 0 Å². The molecule has 0 unspecified atom stereocenters. The number of nitrogens with one attached hydrogen (secondary N) is 1. The highest BCUT2D eigenvalue weighted by Gasteiger charge is 2.32. The fourth-order valence-corrected chi connectivity index (χ4v) is 5.04. The fourth-order valence-electron chi connectivity index (χ4n) is 5.04. The smallest absolute Gasteiger partial charge is 0.224 e. The van der Waals surface area contributed by atoms with Crippen LogP contribution in [0.1, 0.15) is 67.5 Å². The minimum absolute atomic E-state index is 0.133. The summed E-state index contributed by atoms with van der Waals surface area (Å²) in [4.78, 5) is 12.5. The number of nitrogens with zero attached hydrogens (tertiary/aromatic N) is 1. The van der Waals surface area contributed by atoms with Gasteiger partial charge >= 0.3 is 0 Å². The molecule has 0 spiro atoms. The number of benzene rings is 1. The zero-order valence-electron chi connectivity index (χ0n) is 17.6. The average Bonchev–Trinajstić information content (AvgIpc) is 3.05. The van der Waals surface area contributed by atoms with E-state index in [0.29, 0.717) is 19.1 Å². The van der Waals surface area contributed by atoms with Gasteiger partial charge in [0.25, 0.3) is 0 Å². The normalized spacial score (nSPS) is 24.0. The molecule has 1 aromatic carbocycles. The van der Waals surface area contributed by atoms with Crippen LogP contribution in [-0.4, -0.2) is 17.1 Å². The molecule has 1 aromatic heterocycles. The third kappa shape index (κ3) is 5.01. The second-order valence-electron chi connectivity index (χ2n) is 8.79. The Bertz CT molecular complexity index is 808. The van der Waals surface area contributed by atoms with Gasteiger partial charge in [0.05, 0.1) is 17.7 Å². The number of aromatic nitrogens is 1. The molecule has 5 heteroatoms. The van der Waals surface area contributed by atoms with E-state index in [1.807, 2.05) is 38.1 Å². The highest BCUT2D eigenvalue weighted by molar-refractivity contribution is 5.78. The van der Waals surface area contributed by atoms with Crippen molar-refractivity contribution in [3.63, 3.8) is 0 Å². The summed E-state index contributed by atoms with van der Waals surface area (Å²) in [6, 6.07) is 8.15. The predicted molar refractivity (Wildman–Crippen MR) is 112 cm³/mol. The highest BCUT2D eigenvalue weighted by Crippen LogP contribution is 2.40. The summed E-state index contributed by atoms with van der Waals surface area (Å²) in [6.07, 6.45) is 9.54. The Hall–Kier alpha value is -2.30. The van der Waals surface area contributed by atoms with Crippen molar-refractivity contribution in [2.45, 2.75) is 77.9 Å². The van der Waals surface area contributed by atoms with Crippen molar-refractivity contribution in [2.24, 2.45) is 11.8 Å². The van der Waals surface area contributed by atoms with Crippen molar-refractivity contribution in [3.8, 4) is 5.75 Å². The molecule has 29 heavy (non-hydrogen) atoms. The van der Waals surface area contributed by atoms with Crippen LogP contribution in [0.25, 0.3) is 0 Å². The van der Waals surface area contributed by atoms with Crippen molar-refractivity contribution in [1.29, 1.82) is 0 Å². The van der Waals surface area contributed by atoms with Crippen LogP contribution in [0.15, 0.2) is 28.8 Å². The number of aryl methyl sites for hydroxylation is 2. The van der Waals surface area contributed by atoms with Crippen LogP contribution in [0.5, 0.6) is 5.75 Å². The third-order valence-corrected chi connectivity index (χ3v) is 6.76. The Balaban J connectivity index is 1.24. The van der Waals surface area contributed by atoms with E-state index >= 15 is 0 Å². The summed E-state index contributed by atoms with van der Waals surface area (Å²) < 4.78 is 11.0. The first-order valence-electron chi connectivity index (χ1n) is 11.0. The maximum Gasteiger partial charge on any atom is 0.224 e. The van der Waals surface area contributed by atoms with Crippen LogP contribution >= 0.6 is 0 Å². The van der Waals surface area contributed by atoms with Crippen molar-refractivity contribution in [1.82, 2.24) is 10.5 Å². The van der Waals surface area contributed by atoms with Gasteiger partial charge in [-0.05, 0) is 62.6 Å². The lowest BCUT2D eigenvalue weighted by Gasteiger charge is -2.39. The maximum atomic E-state index is 12.5. The summed E-state index contributed by atoms with van der Waals surface area (Å²) in [7, 11) is 0. The monoisotopic (exact) mass is 396 g/mol. The molecule has 1 N–H and O–H groups in total. The first kappa shape index (κ1) is 20.0. The molecular formula is C24H32N2O3. The first-order valence-corrected chi connectivity index (χ1v) is 11.0. The van der Waals surface area contributed by atoms with E-state index in [1.165, 1.54) is 38.5 Å². The van der Waals surface area contributed by atoms with Crippen molar-refractivity contribution < 1.29 is 14.1 Å². The molecule has 0 bridgehead atoms. The number of fused-ring (bicyclic) bond motifs is 1. The second kappa shape index (κ2) is 9.02. The average molecular weight is 397 g/mol. The van der Waals surface area contributed by atoms with E-state index < -0.39 is 0 Å². The van der Waals surface area contributed by atoms with Crippen LogP contribution in [0.3, 0.4) is 0 Å². The molecule has 0 aliphatic heterocycles. The van der Waals surface area contributed by atoms with E-state index in [4.69, 9.17) is 9.26 Å². The zero-order valence-corrected chi connectivity index (χ0v) is 17.6. The number of carbonyl (C=O) groups is 1. The number of ether oxygens (including phenoxy) is 1. The van der Waals surface area contributed by atoms with Gasteiger partial charge in [0.1, 0.15) is 18.1 Å². The standard InChI is InChI=1S/C24H32N2O3/c1-16-23(17(2)29-26-16)15-28-22-11-7-18(8-12-22)13-24(27)25-21-10-9-19-5-3-4-6-20(19)14-21/h7-8,11-12,19-21H,3-6,9-10,13-15H2,1-2H3,(H,25,27)/t19-,20-,21-/m1/s1. The molecule has 2 aliphatic rings. The molecule has 3 atom stereocenters. The summed E-state index contributed by atoms with van der Waals surface area (Å²) in [5.74, 6) is 3.45. The molecule has 1 amide bonds. The van der Waals surface area contributed by atoms with E-state index in [2.05, 4.69) is 10.5 Å². The quantitative estimate of drug-likeness (QED) is 0.755. The van der Waals surface area contributed by atoms with Crippen molar-refractivity contribution in [3.05, 3.63) is 46.8 Å².